The minimum Gasteiger partial charge on any atom is -0.356 e. The summed E-state index contributed by atoms with van der Waals surface area (Å²) in [4.78, 5) is 8.69. The highest BCUT2D eigenvalue weighted by molar-refractivity contribution is 7.09. The highest BCUT2D eigenvalue weighted by atomic mass is 32.1. The van der Waals surface area contributed by atoms with Crippen LogP contribution in [0.1, 0.15) is 36.0 Å². The Morgan fingerprint density at radius 2 is 1.92 bits per heavy atom. The molecule has 1 heterocycles. The van der Waals surface area contributed by atoms with Crippen molar-refractivity contribution in [1.82, 2.24) is 15.6 Å². The average Bonchev–Trinajstić information content (AvgIpc) is 2.99. The summed E-state index contributed by atoms with van der Waals surface area (Å²) in [5.41, 5.74) is 1.70. The van der Waals surface area contributed by atoms with E-state index in [0.717, 1.165) is 16.8 Å². The molecule has 0 aliphatic carbocycles. The van der Waals surface area contributed by atoms with Crippen molar-refractivity contribution in [3.8, 4) is 0 Å². The molecule has 0 bridgehead atoms. The van der Waals surface area contributed by atoms with Crippen LogP contribution in [-0.2, 0) is 13.0 Å². The summed E-state index contributed by atoms with van der Waals surface area (Å²) in [7, 11) is 1.68. The number of rotatable bonds is 6. The van der Waals surface area contributed by atoms with Gasteiger partial charge in [-0.3, -0.25) is 4.99 Å². The van der Waals surface area contributed by atoms with Crippen molar-refractivity contribution >= 4 is 17.3 Å². The third kappa shape index (κ3) is 5.56. The molecular weight excluding hydrogens is 330 g/mol. The third-order valence-electron chi connectivity index (χ3n) is 3.42. The number of nitrogens with zero attached hydrogens (tertiary/aromatic N) is 2. The van der Waals surface area contributed by atoms with Gasteiger partial charge >= 0.3 is 0 Å². The maximum atomic E-state index is 13.1. The van der Waals surface area contributed by atoms with E-state index in [1.165, 1.54) is 12.1 Å². The normalized spacial score (nSPS) is 11.8. The van der Waals surface area contributed by atoms with Gasteiger partial charge in [0.2, 0.25) is 0 Å². The number of thiazole rings is 1. The first kappa shape index (κ1) is 18.3. The SMILES string of the molecule is CN=C(NCCc1cc(F)cc(F)c1)NCc1nc(C(C)C)cs1. The van der Waals surface area contributed by atoms with Crippen molar-refractivity contribution in [3.63, 3.8) is 0 Å². The molecule has 0 radical (unpaired) electrons. The molecular formula is C17H22F2N4S. The molecule has 0 unspecified atom stereocenters. The van der Waals surface area contributed by atoms with Gasteiger partial charge in [-0.25, -0.2) is 13.8 Å². The van der Waals surface area contributed by atoms with Gasteiger partial charge in [0.1, 0.15) is 16.6 Å². The van der Waals surface area contributed by atoms with E-state index in [0.29, 0.717) is 37.0 Å². The summed E-state index contributed by atoms with van der Waals surface area (Å²) in [6.45, 7) is 5.34. The maximum Gasteiger partial charge on any atom is 0.191 e. The van der Waals surface area contributed by atoms with Crippen molar-refractivity contribution < 1.29 is 8.78 Å². The predicted molar refractivity (Wildman–Crippen MR) is 94.5 cm³/mol. The van der Waals surface area contributed by atoms with E-state index >= 15 is 0 Å². The monoisotopic (exact) mass is 352 g/mol. The smallest absolute Gasteiger partial charge is 0.191 e. The van der Waals surface area contributed by atoms with Crippen molar-refractivity contribution in [2.24, 2.45) is 4.99 Å². The van der Waals surface area contributed by atoms with E-state index in [2.05, 4.69) is 39.8 Å². The molecule has 0 amide bonds. The topological polar surface area (TPSA) is 49.3 Å². The molecule has 1 aromatic heterocycles. The second kappa shape index (κ2) is 8.73. The van der Waals surface area contributed by atoms with Gasteiger partial charge in [-0.15, -0.1) is 11.3 Å². The Hall–Kier alpha value is -2.02. The maximum absolute atomic E-state index is 13.1. The summed E-state index contributed by atoms with van der Waals surface area (Å²) in [5, 5.41) is 9.37. The molecule has 1 aromatic carbocycles. The fraction of sp³-hybridized carbons (Fsp3) is 0.412. The number of hydrogen-bond acceptors (Lipinski definition) is 3. The standard InChI is InChI=1S/C17H22F2N4S/c1-11(2)15-10-24-16(23-15)9-22-17(20-3)21-5-4-12-6-13(18)8-14(19)7-12/h6-8,10-11H,4-5,9H2,1-3H3,(H2,20,21,22). The van der Waals surface area contributed by atoms with Crippen LogP contribution in [0.5, 0.6) is 0 Å². The average molecular weight is 352 g/mol. The van der Waals surface area contributed by atoms with Gasteiger partial charge < -0.3 is 10.6 Å². The Kier molecular flexibility index (Phi) is 6.66. The highest BCUT2D eigenvalue weighted by Crippen LogP contribution is 2.17. The quantitative estimate of drug-likeness (QED) is 0.618. The van der Waals surface area contributed by atoms with E-state index in [-0.39, 0.29) is 0 Å². The Bertz CT molecular complexity index is 677. The van der Waals surface area contributed by atoms with E-state index in [4.69, 9.17) is 0 Å². The zero-order valence-corrected chi connectivity index (χ0v) is 14.9. The molecule has 4 nitrogen and oxygen atoms in total. The summed E-state index contributed by atoms with van der Waals surface area (Å²) < 4.78 is 26.3. The fourth-order valence-corrected chi connectivity index (χ4v) is 3.03. The Balaban J connectivity index is 1.79. The molecule has 0 aliphatic rings. The van der Waals surface area contributed by atoms with Gasteiger partial charge in [-0.2, -0.15) is 0 Å². The lowest BCUT2D eigenvalue weighted by Gasteiger charge is -2.11. The van der Waals surface area contributed by atoms with Gasteiger partial charge in [0.15, 0.2) is 5.96 Å². The van der Waals surface area contributed by atoms with Crippen molar-refractivity contribution in [3.05, 3.63) is 51.5 Å². The van der Waals surface area contributed by atoms with Gasteiger partial charge in [0.05, 0.1) is 12.2 Å². The number of halogens is 2. The molecule has 7 heteroatoms. The van der Waals surface area contributed by atoms with Crippen LogP contribution in [0.3, 0.4) is 0 Å². The minimum atomic E-state index is -0.558. The van der Waals surface area contributed by atoms with E-state index in [9.17, 15) is 8.78 Å². The number of benzene rings is 1. The number of aliphatic imine (C=N–C) groups is 1. The Morgan fingerprint density at radius 3 is 2.50 bits per heavy atom. The number of hydrogen-bond donors (Lipinski definition) is 2. The second-order valence-electron chi connectivity index (χ2n) is 5.70. The molecule has 0 atom stereocenters. The Morgan fingerprint density at radius 1 is 1.21 bits per heavy atom. The van der Waals surface area contributed by atoms with Crippen LogP contribution in [-0.4, -0.2) is 24.5 Å². The van der Waals surface area contributed by atoms with E-state index in [1.807, 2.05) is 0 Å². The van der Waals surface area contributed by atoms with Gasteiger partial charge in [-0.1, -0.05) is 13.8 Å². The number of aromatic nitrogens is 1. The van der Waals surface area contributed by atoms with Crippen molar-refractivity contribution in [1.29, 1.82) is 0 Å². The third-order valence-corrected chi connectivity index (χ3v) is 4.29. The van der Waals surface area contributed by atoms with E-state index < -0.39 is 11.6 Å². The molecule has 2 aromatic rings. The lowest BCUT2D eigenvalue weighted by molar-refractivity contribution is 0.579. The molecule has 2 rings (SSSR count). The van der Waals surface area contributed by atoms with Gasteiger partial charge in [0.25, 0.3) is 0 Å². The molecule has 24 heavy (non-hydrogen) atoms. The first-order valence-electron chi connectivity index (χ1n) is 7.81. The van der Waals surface area contributed by atoms with Crippen LogP contribution < -0.4 is 10.6 Å². The largest absolute Gasteiger partial charge is 0.356 e. The zero-order chi connectivity index (χ0) is 17.5. The lowest BCUT2D eigenvalue weighted by atomic mass is 10.1. The summed E-state index contributed by atoms with van der Waals surface area (Å²) in [5.74, 6) is -0.0678. The van der Waals surface area contributed by atoms with Crippen molar-refractivity contribution in [2.75, 3.05) is 13.6 Å². The zero-order valence-electron chi connectivity index (χ0n) is 14.1. The van der Waals surface area contributed by atoms with Crippen LogP contribution in [0.15, 0.2) is 28.6 Å². The van der Waals surface area contributed by atoms with Crippen LogP contribution >= 0.6 is 11.3 Å². The summed E-state index contributed by atoms with van der Waals surface area (Å²) in [6, 6.07) is 3.55. The highest BCUT2D eigenvalue weighted by Gasteiger charge is 2.06. The molecule has 130 valence electrons. The molecule has 0 aliphatic heterocycles. The number of guanidine groups is 1. The lowest BCUT2D eigenvalue weighted by Crippen LogP contribution is -2.37. The molecule has 0 saturated carbocycles. The molecule has 0 fully saturated rings. The van der Waals surface area contributed by atoms with Crippen LogP contribution in [0.25, 0.3) is 0 Å². The first-order chi connectivity index (χ1) is 11.5. The van der Waals surface area contributed by atoms with Crippen LogP contribution in [0.2, 0.25) is 0 Å². The number of nitrogens with one attached hydrogen (secondary N) is 2. The van der Waals surface area contributed by atoms with Crippen LogP contribution in [0, 0.1) is 11.6 Å². The van der Waals surface area contributed by atoms with Gasteiger partial charge in [0, 0.05) is 25.0 Å². The van der Waals surface area contributed by atoms with Crippen LogP contribution in [0.4, 0.5) is 8.78 Å². The second-order valence-corrected chi connectivity index (χ2v) is 6.64. The molecule has 2 N–H and O–H groups in total. The Labute approximate surface area is 145 Å². The van der Waals surface area contributed by atoms with E-state index in [1.54, 1.807) is 18.4 Å². The summed E-state index contributed by atoms with van der Waals surface area (Å²) in [6.07, 6.45) is 0.504. The molecule has 0 spiro atoms. The first-order valence-corrected chi connectivity index (χ1v) is 8.69. The summed E-state index contributed by atoms with van der Waals surface area (Å²) >= 11 is 1.61. The van der Waals surface area contributed by atoms with Crippen molar-refractivity contribution in [2.45, 2.75) is 32.7 Å². The molecule has 0 saturated heterocycles. The predicted octanol–water partition coefficient (Wildman–Crippen LogP) is 3.45. The minimum absolute atomic E-state index is 0.416. The van der Waals surface area contributed by atoms with Gasteiger partial charge in [-0.05, 0) is 30.0 Å². The fourth-order valence-electron chi connectivity index (χ4n) is 2.13.